The highest BCUT2D eigenvalue weighted by molar-refractivity contribution is 14.1. The first kappa shape index (κ1) is 17.8. The van der Waals surface area contributed by atoms with Crippen molar-refractivity contribution in [2.24, 2.45) is 23.7 Å². The van der Waals surface area contributed by atoms with Crippen LogP contribution in [0.1, 0.15) is 45.6 Å². The molecule has 0 radical (unpaired) electrons. The molecule has 0 saturated heterocycles. The van der Waals surface area contributed by atoms with Gasteiger partial charge in [0.1, 0.15) is 0 Å². The Kier molecular flexibility index (Phi) is 6.72. The Morgan fingerprint density at radius 3 is 2.59 bits per heavy atom. The number of benzene rings is 1. The molecular weight excluding hydrogens is 385 g/mol. The Bertz CT molecular complexity index is 483. The van der Waals surface area contributed by atoms with Crippen LogP contribution in [0.15, 0.2) is 24.3 Å². The molecule has 122 valence electrons. The smallest absolute Gasteiger partial charge is 0.223 e. The van der Waals surface area contributed by atoms with Crippen LogP contribution in [0.25, 0.3) is 0 Å². The summed E-state index contributed by atoms with van der Waals surface area (Å²) in [6.07, 6.45) is 4.44. The highest BCUT2D eigenvalue weighted by Crippen LogP contribution is 2.38. The highest BCUT2D eigenvalue weighted by Gasteiger charge is 2.35. The maximum atomic E-state index is 12.6. The molecule has 1 N–H and O–H groups in total. The average Bonchev–Trinajstić information content (AvgIpc) is 2.48. The second-order valence-corrected chi connectivity index (χ2v) is 8.35. The van der Waals surface area contributed by atoms with Crippen LogP contribution in [0.2, 0.25) is 0 Å². The van der Waals surface area contributed by atoms with Crippen molar-refractivity contribution in [2.45, 2.75) is 46.5 Å². The summed E-state index contributed by atoms with van der Waals surface area (Å²) in [7, 11) is 0. The van der Waals surface area contributed by atoms with Gasteiger partial charge in [0, 0.05) is 16.0 Å². The normalized spacial score (nSPS) is 25.2. The minimum atomic E-state index is 0.209. The lowest BCUT2D eigenvalue weighted by Crippen LogP contribution is -2.40. The van der Waals surface area contributed by atoms with E-state index in [2.05, 4.69) is 72.9 Å². The third kappa shape index (κ3) is 4.97. The Balaban J connectivity index is 1.85. The average molecular weight is 413 g/mol. The number of rotatable bonds is 5. The summed E-state index contributed by atoms with van der Waals surface area (Å²) in [4.78, 5) is 12.6. The zero-order valence-corrected chi connectivity index (χ0v) is 16.1. The summed E-state index contributed by atoms with van der Waals surface area (Å²) in [6.45, 7) is 7.54. The lowest BCUT2D eigenvalue weighted by atomic mass is 9.70. The molecule has 0 unspecified atom stereocenters. The van der Waals surface area contributed by atoms with Gasteiger partial charge in [0.25, 0.3) is 0 Å². The fourth-order valence-electron chi connectivity index (χ4n) is 3.62. The molecular formula is C19H28INO. The SMILES string of the molecule is CC(C)[C@@H]1CC[C@@H](C)C[C@H]1C(=O)NCCc1ccc(I)cc1. The molecule has 1 aliphatic carbocycles. The van der Waals surface area contributed by atoms with Crippen molar-refractivity contribution < 1.29 is 4.79 Å². The molecule has 2 rings (SSSR count). The molecule has 1 aromatic rings. The van der Waals surface area contributed by atoms with Crippen LogP contribution in [-0.2, 0) is 11.2 Å². The number of hydrogen-bond acceptors (Lipinski definition) is 1. The van der Waals surface area contributed by atoms with E-state index in [9.17, 15) is 4.79 Å². The van der Waals surface area contributed by atoms with Gasteiger partial charge < -0.3 is 5.32 Å². The maximum Gasteiger partial charge on any atom is 0.223 e. The summed E-state index contributed by atoms with van der Waals surface area (Å²) >= 11 is 2.31. The monoisotopic (exact) mass is 413 g/mol. The van der Waals surface area contributed by atoms with Gasteiger partial charge in [0.2, 0.25) is 5.91 Å². The van der Waals surface area contributed by atoms with Gasteiger partial charge in [-0.3, -0.25) is 4.79 Å². The lowest BCUT2D eigenvalue weighted by Gasteiger charge is -2.36. The van der Waals surface area contributed by atoms with Crippen LogP contribution >= 0.6 is 22.6 Å². The number of carbonyl (C=O) groups is 1. The van der Waals surface area contributed by atoms with Crippen molar-refractivity contribution in [1.29, 1.82) is 0 Å². The fourth-order valence-corrected chi connectivity index (χ4v) is 3.98. The molecule has 0 spiro atoms. The van der Waals surface area contributed by atoms with Crippen molar-refractivity contribution >= 4 is 28.5 Å². The molecule has 1 amide bonds. The zero-order chi connectivity index (χ0) is 16.1. The molecule has 0 heterocycles. The molecule has 1 aliphatic rings. The van der Waals surface area contributed by atoms with E-state index in [1.54, 1.807) is 0 Å². The van der Waals surface area contributed by atoms with Gasteiger partial charge in [-0.15, -0.1) is 0 Å². The standard InChI is InChI=1S/C19H28INO/c1-13(2)17-9-4-14(3)12-18(17)19(22)21-11-10-15-5-7-16(20)8-6-15/h5-8,13-14,17-18H,4,9-12H2,1-3H3,(H,21,22)/t14-,17+,18-/m1/s1. The van der Waals surface area contributed by atoms with E-state index in [0.29, 0.717) is 17.8 Å². The molecule has 3 atom stereocenters. The lowest BCUT2D eigenvalue weighted by molar-refractivity contribution is -0.129. The van der Waals surface area contributed by atoms with Crippen molar-refractivity contribution in [1.82, 2.24) is 5.32 Å². The third-order valence-corrected chi connectivity index (χ3v) is 5.70. The predicted octanol–water partition coefficient (Wildman–Crippen LogP) is 4.66. The number of halogens is 1. The minimum absolute atomic E-state index is 0.209. The molecule has 0 aromatic heterocycles. The number of amides is 1. The van der Waals surface area contributed by atoms with E-state index in [0.717, 1.165) is 19.4 Å². The summed E-state index contributed by atoms with van der Waals surface area (Å²) in [5.41, 5.74) is 1.29. The van der Waals surface area contributed by atoms with Crippen LogP contribution in [0.5, 0.6) is 0 Å². The van der Waals surface area contributed by atoms with Crippen molar-refractivity contribution in [3.63, 3.8) is 0 Å². The van der Waals surface area contributed by atoms with Gasteiger partial charge >= 0.3 is 0 Å². The number of carbonyl (C=O) groups excluding carboxylic acids is 1. The van der Waals surface area contributed by atoms with Crippen LogP contribution in [0.4, 0.5) is 0 Å². The quantitative estimate of drug-likeness (QED) is 0.700. The van der Waals surface area contributed by atoms with E-state index >= 15 is 0 Å². The highest BCUT2D eigenvalue weighted by atomic mass is 127. The van der Waals surface area contributed by atoms with Crippen LogP contribution in [0, 0.1) is 27.2 Å². The topological polar surface area (TPSA) is 29.1 Å². The predicted molar refractivity (Wildman–Crippen MR) is 101 cm³/mol. The number of nitrogens with one attached hydrogen (secondary N) is 1. The maximum absolute atomic E-state index is 12.6. The van der Waals surface area contributed by atoms with E-state index < -0.39 is 0 Å². The fraction of sp³-hybridized carbons (Fsp3) is 0.632. The van der Waals surface area contributed by atoms with E-state index in [1.165, 1.54) is 22.0 Å². The van der Waals surface area contributed by atoms with Gasteiger partial charge in [0.05, 0.1) is 0 Å². The van der Waals surface area contributed by atoms with Crippen LogP contribution in [0.3, 0.4) is 0 Å². The van der Waals surface area contributed by atoms with Crippen LogP contribution < -0.4 is 5.32 Å². The summed E-state index contributed by atoms with van der Waals surface area (Å²) in [5.74, 6) is 2.31. The molecule has 1 fully saturated rings. The van der Waals surface area contributed by atoms with Gasteiger partial charge in [-0.25, -0.2) is 0 Å². The molecule has 3 heteroatoms. The van der Waals surface area contributed by atoms with Gasteiger partial charge in [-0.05, 0) is 77.3 Å². The summed E-state index contributed by atoms with van der Waals surface area (Å²) < 4.78 is 1.25. The van der Waals surface area contributed by atoms with Crippen molar-refractivity contribution in [2.75, 3.05) is 6.54 Å². The molecule has 1 aromatic carbocycles. The zero-order valence-electron chi connectivity index (χ0n) is 13.9. The summed E-state index contributed by atoms with van der Waals surface area (Å²) in [6, 6.07) is 8.53. The molecule has 0 bridgehead atoms. The number of hydrogen-bond donors (Lipinski definition) is 1. The second kappa shape index (κ2) is 8.32. The van der Waals surface area contributed by atoms with Gasteiger partial charge in [-0.1, -0.05) is 39.3 Å². The van der Waals surface area contributed by atoms with Gasteiger partial charge in [0.15, 0.2) is 0 Å². The van der Waals surface area contributed by atoms with E-state index in [4.69, 9.17) is 0 Å². The van der Waals surface area contributed by atoms with E-state index in [-0.39, 0.29) is 11.8 Å². The second-order valence-electron chi connectivity index (χ2n) is 7.10. The minimum Gasteiger partial charge on any atom is -0.356 e. The first-order valence-electron chi connectivity index (χ1n) is 8.49. The molecule has 0 aliphatic heterocycles. The molecule has 22 heavy (non-hydrogen) atoms. The largest absolute Gasteiger partial charge is 0.356 e. The Hall–Kier alpha value is -0.580. The van der Waals surface area contributed by atoms with E-state index in [1.807, 2.05) is 0 Å². The van der Waals surface area contributed by atoms with Gasteiger partial charge in [-0.2, -0.15) is 0 Å². The Morgan fingerprint density at radius 2 is 1.95 bits per heavy atom. The first-order valence-corrected chi connectivity index (χ1v) is 9.57. The van der Waals surface area contributed by atoms with Crippen molar-refractivity contribution in [3.8, 4) is 0 Å². The summed E-state index contributed by atoms with van der Waals surface area (Å²) in [5, 5.41) is 3.18. The third-order valence-electron chi connectivity index (χ3n) is 4.99. The van der Waals surface area contributed by atoms with Crippen LogP contribution in [-0.4, -0.2) is 12.5 Å². The molecule has 2 nitrogen and oxygen atoms in total. The first-order chi connectivity index (χ1) is 10.5. The van der Waals surface area contributed by atoms with Crippen molar-refractivity contribution in [3.05, 3.63) is 33.4 Å². The molecule has 1 saturated carbocycles. The Labute approximate surface area is 148 Å². The Morgan fingerprint density at radius 1 is 1.27 bits per heavy atom.